The molecule has 4 aromatic rings. The number of benzene rings is 2. The molecule has 0 radical (unpaired) electrons. The van der Waals surface area contributed by atoms with Gasteiger partial charge >= 0.3 is 0 Å². The van der Waals surface area contributed by atoms with Gasteiger partial charge in [-0.15, -0.1) is 22.0 Å². The topological polar surface area (TPSA) is 85.8 Å². The maximum atomic E-state index is 13.0. The molecule has 0 saturated heterocycles. The van der Waals surface area contributed by atoms with Gasteiger partial charge in [-0.05, 0) is 56.2 Å². The number of nitrogens with one attached hydrogen (secondary N) is 1. The minimum Gasteiger partial charge on any atom is -0.361 e. The van der Waals surface area contributed by atoms with Crippen molar-refractivity contribution in [2.45, 2.75) is 49.8 Å². The minimum absolute atomic E-state index is 0.140. The van der Waals surface area contributed by atoms with Crippen LogP contribution in [0.2, 0.25) is 0 Å². The summed E-state index contributed by atoms with van der Waals surface area (Å²) < 4.78 is 7.36. The van der Waals surface area contributed by atoms with Gasteiger partial charge in [-0.3, -0.25) is 4.79 Å². The summed E-state index contributed by atoms with van der Waals surface area (Å²) >= 11 is 1.57. The van der Waals surface area contributed by atoms with Crippen molar-refractivity contribution in [1.82, 2.24) is 19.9 Å². The van der Waals surface area contributed by atoms with E-state index in [0.717, 1.165) is 58.6 Å². The van der Waals surface area contributed by atoms with Crippen LogP contribution in [0.5, 0.6) is 0 Å². The van der Waals surface area contributed by atoms with Gasteiger partial charge < -0.3 is 14.4 Å². The Morgan fingerprint density at radius 2 is 1.94 bits per heavy atom. The van der Waals surface area contributed by atoms with Crippen molar-refractivity contribution < 1.29 is 9.32 Å². The van der Waals surface area contributed by atoms with E-state index in [4.69, 9.17) is 4.52 Å². The molecule has 5 rings (SSSR count). The van der Waals surface area contributed by atoms with Gasteiger partial charge in [-0.2, -0.15) is 0 Å². The van der Waals surface area contributed by atoms with Crippen molar-refractivity contribution in [1.29, 1.82) is 0 Å². The van der Waals surface area contributed by atoms with E-state index in [1.165, 1.54) is 12.8 Å². The highest BCUT2D eigenvalue weighted by Crippen LogP contribution is 2.28. The van der Waals surface area contributed by atoms with Crippen molar-refractivity contribution in [2.75, 3.05) is 5.32 Å². The first-order valence-electron chi connectivity index (χ1n) is 11.2. The highest BCUT2D eigenvalue weighted by molar-refractivity contribution is 7.98. The number of nitrogens with zero attached hydrogens (tertiary/aromatic N) is 4. The number of fused-ring (bicyclic) bond motifs is 1. The lowest BCUT2D eigenvalue weighted by Crippen LogP contribution is -2.13. The van der Waals surface area contributed by atoms with Crippen molar-refractivity contribution in [2.24, 2.45) is 0 Å². The Kier molecular flexibility index (Phi) is 6.26. The van der Waals surface area contributed by atoms with E-state index in [0.29, 0.717) is 11.3 Å². The van der Waals surface area contributed by atoms with Crippen LogP contribution in [-0.4, -0.2) is 25.8 Å². The molecule has 0 spiro atoms. The Bertz CT molecular complexity index is 1260. The first-order chi connectivity index (χ1) is 16.2. The molecule has 33 heavy (non-hydrogen) atoms. The average Bonchev–Trinajstić information content (AvgIpc) is 3.36. The van der Waals surface area contributed by atoms with Gasteiger partial charge in [0.05, 0.1) is 11.3 Å². The van der Waals surface area contributed by atoms with E-state index in [9.17, 15) is 4.79 Å². The number of carbonyl (C=O) groups is 1. The number of rotatable bonds is 6. The molecule has 7 nitrogen and oxygen atoms in total. The van der Waals surface area contributed by atoms with Gasteiger partial charge in [0.1, 0.15) is 11.6 Å². The zero-order chi connectivity index (χ0) is 22.6. The zero-order valence-corrected chi connectivity index (χ0v) is 19.3. The van der Waals surface area contributed by atoms with Crippen LogP contribution in [0.15, 0.2) is 64.0 Å². The van der Waals surface area contributed by atoms with E-state index in [1.54, 1.807) is 11.8 Å². The summed E-state index contributed by atoms with van der Waals surface area (Å²) in [6.07, 6.45) is 4.53. The molecule has 0 atom stereocenters. The predicted octanol–water partition coefficient (Wildman–Crippen LogP) is 5.51. The Morgan fingerprint density at radius 1 is 1.09 bits per heavy atom. The fraction of sp³-hybridized carbons (Fsp3) is 0.280. The van der Waals surface area contributed by atoms with Gasteiger partial charge in [0, 0.05) is 40.9 Å². The number of thioether (sulfide) groups is 1. The lowest BCUT2D eigenvalue weighted by molar-refractivity contribution is 0.102. The average molecular weight is 460 g/mol. The second-order valence-electron chi connectivity index (χ2n) is 8.15. The van der Waals surface area contributed by atoms with Crippen molar-refractivity contribution in [3.8, 4) is 11.4 Å². The number of aryl methyl sites for hydroxylation is 2. The molecule has 3 heterocycles. The van der Waals surface area contributed by atoms with Crippen LogP contribution in [0, 0.1) is 6.92 Å². The molecule has 0 saturated carbocycles. The smallest absolute Gasteiger partial charge is 0.256 e. The SMILES string of the molecule is Cc1cc(CSc2ccccc2C(=O)Nc2ccc(-c3nnc4n3CCCCC4)cc2)no1. The summed E-state index contributed by atoms with van der Waals surface area (Å²) in [5.41, 5.74) is 3.24. The van der Waals surface area contributed by atoms with E-state index in [2.05, 4.69) is 25.2 Å². The fourth-order valence-corrected chi connectivity index (χ4v) is 4.95. The summed E-state index contributed by atoms with van der Waals surface area (Å²) in [4.78, 5) is 13.9. The van der Waals surface area contributed by atoms with Gasteiger partial charge in [-0.1, -0.05) is 23.7 Å². The van der Waals surface area contributed by atoms with E-state index in [1.807, 2.05) is 61.5 Å². The Balaban J connectivity index is 1.28. The molecule has 1 aliphatic rings. The number of aromatic nitrogens is 4. The molecule has 8 heteroatoms. The third kappa shape index (κ3) is 4.85. The van der Waals surface area contributed by atoms with Crippen molar-refractivity contribution in [3.63, 3.8) is 0 Å². The predicted molar refractivity (Wildman–Crippen MR) is 128 cm³/mol. The molecular weight excluding hydrogens is 434 g/mol. The lowest BCUT2D eigenvalue weighted by atomic mass is 10.1. The normalized spacial score (nSPS) is 13.4. The Morgan fingerprint density at radius 3 is 2.76 bits per heavy atom. The Labute approximate surface area is 196 Å². The molecule has 1 N–H and O–H groups in total. The molecular formula is C25H25N5O2S. The Hall–Kier alpha value is -3.39. The number of hydrogen-bond donors (Lipinski definition) is 1. The molecule has 1 aliphatic heterocycles. The lowest BCUT2D eigenvalue weighted by Gasteiger charge is -2.11. The van der Waals surface area contributed by atoms with Gasteiger partial charge in [0.25, 0.3) is 5.91 Å². The standard InChI is InChI=1S/C25H25N5O2S/c1-17-15-20(29-32-17)16-33-22-8-5-4-7-21(22)25(31)26-19-12-10-18(11-13-19)24-28-27-23-9-3-2-6-14-30(23)24/h4-5,7-8,10-13,15H,2-3,6,9,14,16H2,1H3,(H,26,31). The maximum absolute atomic E-state index is 13.0. The van der Waals surface area contributed by atoms with Gasteiger partial charge in [0.2, 0.25) is 0 Å². The molecule has 2 aromatic heterocycles. The highest BCUT2D eigenvalue weighted by Gasteiger charge is 2.17. The number of carbonyl (C=O) groups excluding carboxylic acids is 1. The summed E-state index contributed by atoms with van der Waals surface area (Å²) in [5, 5.41) is 15.8. The van der Waals surface area contributed by atoms with Crippen LogP contribution >= 0.6 is 11.8 Å². The van der Waals surface area contributed by atoms with Gasteiger partial charge in [0.15, 0.2) is 5.82 Å². The molecule has 0 fully saturated rings. The number of hydrogen-bond acceptors (Lipinski definition) is 6. The van der Waals surface area contributed by atoms with E-state index < -0.39 is 0 Å². The summed E-state index contributed by atoms with van der Waals surface area (Å²) in [5.74, 6) is 3.24. The van der Waals surface area contributed by atoms with Gasteiger partial charge in [-0.25, -0.2) is 0 Å². The second-order valence-corrected chi connectivity index (χ2v) is 9.16. The maximum Gasteiger partial charge on any atom is 0.256 e. The molecule has 0 unspecified atom stereocenters. The van der Waals surface area contributed by atoms with Crippen LogP contribution in [0.25, 0.3) is 11.4 Å². The largest absolute Gasteiger partial charge is 0.361 e. The minimum atomic E-state index is -0.140. The summed E-state index contributed by atoms with van der Waals surface area (Å²) in [7, 11) is 0. The summed E-state index contributed by atoms with van der Waals surface area (Å²) in [6.45, 7) is 2.82. The zero-order valence-electron chi connectivity index (χ0n) is 18.5. The second kappa shape index (κ2) is 9.62. The number of anilines is 1. The molecule has 0 bridgehead atoms. The third-order valence-corrected chi connectivity index (χ3v) is 6.80. The third-order valence-electron chi connectivity index (χ3n) is 5.69. The fourth-order valence-electron chi connectivity index (χ4n) is 4.02. The highest BCUT2D eigenvalue weighted by atomic mass is 32.2. The molecule has 1 amide bonds. The monoisotopic (exact) mass is 459 g/mol. The van der Waals surface area contributed by atoms with Crippen LogP contribution in [-0.2, 0) is 18.7 Å². The van der Waals surface area contributed by atoms with Crippen LogP contribution in [0.3, 0.4) is 0 Å². The number of amides is 1. The van der Waals surface area contributed by atoms with Crippen molar-refractivity contribution >= 4 is 23.4 Å². The quantitative estimate of drug-likeness (QED) is 0.383. The molecule has 0 aliphatic carbocycles. The van der Waals surface area contributed by atoms with Crippen LogP contribution < -0.4 is 5.32 Å². The first-order valence-corrected chi connectivity index (χ1v) is 12.1. The summed E-state index contributed by atoms with van der Waals surface area (Å²) in [6, 6.07) is 17.3. The molecule has 2 aromatic carbocycles. The van der Waals surface area contributed by atoms with Crippen LogP contribution in [0.1, 0.15) is 46.9 Å². The first kappa shape index (κ1) is 21.5. The van der Waals surface area contributed by atoms with Crippen molar-refractivity contribution in [3.05, 3.63) is 77.4 Å². The van der Waals surface area contributed by atoms with Crippen LogP contribution in [0.4, 0.5) is 5.69 Å². The van der Waals surface area contributed by atoms with E-state index >= 15 is 0 Å². The van der Waals surface area contributed by atoms with E-state index in [-0.39, 0.29) is 5.91 Å². The molecule has 168 valence electrons.